The van der Waals surface area contributed by atoms with Gasteiger partial charge in [0.15, 0.2) is 0 Å². The van der Waals surface area contributed by atoms with E-state index in [4.69, 9.17) is 22.1 Å². The average molecular weight is 325 g/mol. The van der Waals surface area contributed by atoms with E-state index in [0.717, 1.165) is 10.7 Å². The van der Waals surface area contributed by atoms with E-state index in [1.165, 1.54) is 11.3 Å². The second-order valence-corrected chi connectivity index (χ2v) is 6.98. The van der Waals surface area contributed by atoms with Crippen molar-refractivity contribution in [2.75, 3.05) is 5.73 Å². The van der Waals surface area contributed by atoms with Crippen molar-refractivity contribution in [1.29, 1.82) is 0 Å². The molecule has 0 unspecified atom stereocenters. The normalized spacial score (nSPS) is 11.4. The first-order valence-electron chi connectivity index (χ1n) is 6.45. The molecule has 0 saturated heterocycles. The Labute approximate surface area is 132 Å². The van der Waals surface area contributed by atoms with Crippen LogP contribution in [0.15, 0.2) is 23.6 Å². The Bertz CT molecular complexity index is 662. The van der Waals surface area contributed by atoms with Crippen LogP contribution in [0.25, 0.3) is 0 Å². The molecule has 2 N–H and O–H groups in total. The van der Waals surface area contributed by atoms with Gasteiger partial charge in [-0.15, -0.1) is 11.3 Å². The molecule has 1 heterocycles. The summed E-state index contributed by atoms with van der Waals surface area (Å²) >= 11 is 7.47. The third-order valence-corrected chi connectivity index (χ3v) is 4.14. The van der Waals surface area contributed by atoms with Crippen molar-refractivity contribution >= 4 is 34.6 Å². The quantitative estimate of drug-likeness (QED) is 0.683. The predicted molar refractivity (Wildman–Crippen MR) is 85.8 cm³/mol. The monoisotopic (exact) mass is 324 g/mol. The highest BCUT2D eigenvalue weighted by Gasteiger charge is 2.18. The molecule has 0 fully saturated rings. The van der Waals surface area contributed by atoms with Crippen molar-refractivity contribution in [2.24, 2.45) is 0 Å². The zero-order chi connectivity index (χ0) is 15.6. The van der Waals surface area contributed by atoms with E-state index in [-0.39, 0.29) is 22.6 Å². The zero-order valence-corrected chi connectivity index (χ0v) is 13.7. The molecular weight excluding hydrogens is 308 g/mol. The molecule has 0 aliphatic heterocycles. The SMILES string of the molecule is CC(C)(C)c1csc(COC(=O)c2cccc(N)c2Cl)n1. The van der Waals surface area contributed by atoms with E-state index in [2.05, 4.69) is 25.8 Å². The Morgan fingerprint density at radius 2 is 2.14 bits per heavy atom. The Hall–Kier alpha value is -1.59. The first-order chi connectivity index (χ1) is 9.79. The fraction of sp³-hybridized carbons (Fsp3) is 0.333. The molecule has 0 saturated carbocycles. The van der Waals surface area contributed by atoms with Crippen LogP contribution in [0.2, 0.25) is 5.02 Å². The highest BCUT2D eigenvalue weighted by Crippen LogP contribution is 2.26. The topological polar surface area (TPSA) is 65.2 Å². The lowest BCUT2D eigenvalue weighted by atomic mass is 9.93. The molecule has 0 aliphatic carbocycles. The van der Waals surface area contributed by atoms with Crippen molar-refractivity contribution in [3.8, 4) is 0 Å². The van der Waals surface area contributed by atoms with Crippen LogP contribution < -0.4 is 5.73 Å². The first-order valence-corrected chi connectivity index (χ1v) is 7.71. The summed E-state index contributed by atoms with van der Waals surface area (Å²) in [5.41, 5.74) is 7.26. The molecule has 0 radical (unpaired) electrons. The number of carbonyl (C=O) groups is 1. The Morgan fingerprint density at radius 3 is 2.76 bits per heavy atom. The number of nitrogens with two attached hydrogens (primary N) is 1. The van der Waals surface area contributed by atoms with Gasteiger partial charge in [-0.25, -0.2) is 9.78 Å². The largest absolute Gasteiger partial charge is 0.455 e. The van der Waals surface area contributed by atoms with Gasteiger partial charge < -0.3 is 10.5 Å². The van der Waals surface area contributed by atoms with Crippen LogP contribution in [-0.2, 0) is 16.8 Å². The van der Waals surface area contributed by atoms with Crippen LogP contribution in [0, 0.1) is 0 Å². The number of benzene rings is 1. The second kappa shape index (κ2) is 6.03. The standard InChI is InChI=1S/C15H17ClN2O2S/c1-15(2,3)11-8-21-12(18-11)7-20-14(19)9-5-4-6-10(17)13(9)16/h4-6,8H,7,17H2,1-3H3. The maximum absolute atomic E-state index is 12.0. The van der Waals surface area contributed by atoms with Crippen molar-refractivity contribution < 1.29 is 9.53 Å². The van der Waals surface area contributed by atoms with Gasteiger partial charge in [-0.2, -0.15) is 0 Å². The third-order valence-electron chi connectivity index (χ3n) is 2.90. The Kier molecular flexibility index (Phi) is 4.54. The van der Waals surface area contributed by atoms with Gasteiger partial charge in [-0.05, 0) is 12.1 Å². The van der Waals surface area contributed by atoms with Crippen LogP contribution in [-0.4, -0.2) is 11.0 Å². The number of thiazole rings is 1. The molecule has 112 valence electrons. The lowest BCUT2D eigenvalue weighted by Crippen LogP contribution is -2.12. The van der Waals surface area contributed by atoms with Gasteiger partial charge in [0.05, 0.1) is 22.0 Å². The fourth-order valence-corrected chi connectivity index (χ4v) is 2.77. The van der Waals surface area contributed by atoms with Crippen LogP contribution in [0.3, 0.4) is 0 Å². The van der Waals surface area contributed by atoms with Crippen LogP contribution in [0.4, 0.5) is 5.69 Å². The highest BCUT2D eigenvalue weighted by molar-refractivity contribution is 7.09. The number of esters is 1. The molecule has 0 spiro atoms. The summed E-state index contributed by atoms with van der Waals surface area (Å²) in [5.74, 6) is -0.500. The minimum atomic E-state index is -0.500. The molecule has 2 aromatic rings. The number of rotatable bonds is 3. The summed E-state index contributed by atoms with van der Waals surface area (Å²) in [4.78, 5) is 16.5. The van der Waals surface area contributed by atoms with Crippen molar-refractivity contribution in [2.45, 2.75) is 32.8 Å². The van der Waals surface area contributed by atoms with Crippen molar-refractivity contribution in [1.82, 2.24) is 4.98 Å². The number of nitrogens with zero attached hydrogens (tertiary/aromatic N) is 1. The van der Waals surface area contributed by atoms with Gasteiger partial charge in [-0.3, -0.25) is 0 Å². The van der Waals surface area contributed by atoms with E-state index in [1.807, 2.05) is 5.38 Å². The number of hydrogen-bond donors (Lipinski definition) is 1. The summed E-state index contributed by atoms with van der Waals surface area (Å²) in [5, 5.41) is 2.96. The van der Waals surface area contributed by atoms with Crippen molar-refractivity contribution in [3.05, 3.63) is 44.9 Å². The first kappa shape index (κ1) is 15.8. The summed E-state index contributed by atoms with van der Waals surface area (Å²) < 4.78 is 5.24. The molecule has 1 aromatic heterocycles. The van der Waals surface area contributed by atoms with E-state index in [9.17, 15) is 4.79 Å². The van der Waals surface area contributed by atoms with E-state index in [0.29, 0.717) is 5.69 Å². The van der Waals surface area contributed by atoms with Gasteiger partial charge in [0.1, 0.15) is 11.6 Å². The highest BCUT2D eigenvalue weighted by atomic mass is 35.5. The summed E-state index contributed by atoms with van der Waals surface area (Å²) in [6.07, 6.45) is 0. The Morgan fingerprint density at radius 1 is 1.43 bits per heavy atom. The number of ether oxygens (including phenoxy) is 1. The molecule has 0 bridgehead atoms. The second-order valence-electron chi connectivity index (χ2n) is 5.66. The van der Waals surface area contributed by atoms with Crippen molar-refractivity contribution in [3.63, 3.8) is 0 Å². The van der Waals surface area contributed by atoms with Gasteiger partial charge >= 0.3 is 5.97 Å². The number of halogens is 1. The van der Waals surface area contributed by atoms with E-state index in [1.54, 1.807) is 18.2 Å². The number of anilines is 1. The lowest BCUT2D eigenvalue weighted by Gasteiger charge is -2.14. The molecule has 1 aromatic carbocycles. The number of hydrogen-bond acceptors (Lipinski definition) is 5. The minimum Gasteiger partial charge on any atom is -0.455 e. The van der Waals surface area contributed by atoms with E-state index >= 15 is 0 Å². The molecule has 0 aliphatic rings. The van der Waals surface area contributed by atoms with Gasteiger partial charge in [-0.1, -0.05) is 38.4 Å². The van der Waals surface area contributed by atoms with Crippen LogP contribution in [0.5, 0.6) is 0 Å². The van der Waals surface area contributed by atoms with Gasteiger partial charge in [0.2, 0.25) is 0 Å². The van der Waals surface area contributed by atoms with Crippen LogP contribution >= 0.6 is 22.9 Å². The summed E-state index contributed by atoms with van der Waals surface area (Å²) in [6.45, 7) is 6.39. The lowest BCUT2D eigenvalue weighted by molar-refractivity contribution is 0.0472. The molecule has 0 atom stereocenters. The zero-order valence-electron chi connectivity index (χ0n) is 12.1. The fourth-order valence-electron chi connectivity index (χ4n) is 1.63. The number of carbonyl (C=O) groups excluding carboxylic acids is 1. The molecule has 2 rings (SSSR count). The predicted octanol–water partition coefficient (Wildman–Crippen LogP) is 4.03. The maximum Gasteiger partial charge on any atom is 0.340 e. The molecule has 6 heteroatoms. The molecule has 4 nitrogen and oxygen atoms in total. The van der Waals surface area contributed by atoms with E-state index < -0.39 is 5.97 Å². The summed E-state index contributed by atoms with van der Waals surface area (Å²) in [7, 11) is 0. The molecule has 0 amide bonds. The molecular formula is C15H17ClN2O2S. The minimum absolute atomic E-state index is 0.0179. The van der Waals surface area contributed by atoms with Gasteiger partial charge in [0.25, 0.3) is 0 Å². The van der Waals surface area contributed by atoms with Crippen LogP contribution in [0.1, 0.15) is 41.8 Å². The maximum atomic E-state index is 12.0. The third kappa shape index (κ3) is 3.74. The number of aromatic nitrogens is 1. The van der Waals surface area contributed by atoms with Gasteiger partial charge in [0, 0.05) is 10.8 Å². The summed E-state index contributed by atoms with van der Waals surface area (Å²) in [6, 6.07) is 4.89. The smallest absolute Gasteiger partial charge is 0.340 e. The number of nitrogen functional groups attached to an aromatic ring is 1. The average Bonchev–Trinajstić information content (AvgIpc) is 2.88. The Balaban J connectivity index is 2.05. The molecule has 21 heavy (non-hydrogen) atoms.